The van der Waals surface area contributed by atoms with Gasteiger partial charge < -0.3 is 14.8 Å². The van der Waals surface area contributed by atoms with Crippen molar-refractivity contribution >= 4 is 40.6 Å². The van der Waals surface area contributed by atoms with Crippen molar-refractivity contribution in [3.05, 3.63) is 81.6 Å². The minimum Gasteiger partial charge on any atom is -0.478 e. The molecule has 0 aliphatic heterocycles. The van der Waals surface area contributed by atoms with Crippen molar-refractivity contribution in [2.45, 2.75) is 6.92 Å². The molecule has 30 heavy (non-hydrogen) atoms. The number of aromatic carboxylic acids is 1. The van der Waals surface area contributed by atoms with Crippen molar-refractivity contribution in [3.63, 3.8) is 0 Å². The van der Waals surface area contributed by atoms with Gasteiger partial charge in [0.2, 0.25) is 0 Å². The molecule has 0 spiro atoms. The van der Waals surface area contributed by atoms with E-state index in [9.17, 15) is 19.7 Å². The smallest absolute Gasteiger partial charge is 0.335 e. The summed E-state index contributed by atoms with van der Waals surface area (Å²) in [6, 6.07) is 13.3. The molecule has 0 fully saturated rings. The van der Waals surface area contributed by atoms with Crippen LogP contribution in [0, 0.1) is 17.0 Å². The molecule has 0 saturated heterocycles. The van der Waals surface area contributed by atoms with Gasteiger partial charge in [-0.2, -0.15) is 0 Å². The second-order valence-corrected chi connectivity index (χ2v) is 6.59. The van der Waals surface area contributed by atoms with Gasteiger partial charge in [0.1, 0.15) is 5.76 Å². The number of hydrogen-bond donors (Lipinski definition) is 3. The molecule has 2 aromatic carbocycles. The number of amides is 1. The van der Waals surface area contributed by atoms with Gasteiger partial charge in [-0.05, 0) is 55.0 Å². The Morgan fingerprint density at radius 2 is 1.87 bits per heavy atom. The van der Waals surface area contributed by atoms with Crippen LogP contribution in [0.3, 0.4) is 0 Å². The lowest BCUT2D eigenvalue weighted by Crippen LogP contribution is -2.34. The topological polar surface area (TPSA) is 135 Å². The number of para-hydroxylation sites is 1. The van der Waals surface area contributed by atoms with Crippen LogP contribution in [0.2, 0.25) is 0 Å². The SMILES string of the molecule is Cc1ccc(C(=O)O)cc1NC(=S)NC(=O)c1ccc(-c2ccccc2[N+](=O)[O-])o1. The first-order chi connectivity index (χ1) is 14.3. The van der Waals surface area contributed by atoms with E-state index in [1.165, 1.54) is 42.5 Å². The first-order valence-electron chi connectivity index (χ1n) is 8.56. The third-order valence-electron chi connectivity index (χ3n) is 4.16. The van der Waals surface area contributed by atoms with Crippen LogP contribution >= 0.6 is 12.2 Å². The average molecular weight is 425 g/mol. The van der Waals surface area contributed by atoms with E-state index in [4.69, 9.17) is 21.7 Å². The van der Waals surface area contributed by atoms with Crippen LogP contribution < -0.4 is 10.6 Å². The van der Waals surface area contributed by atoms with Gasteiger partial charge in [0.25, 0.3) is 11.6 Å². The van der Waals surface area contributed by atoms with Gasteiger partial charge in [-0.1, -0.05) is 18.2 Å². The molecule has 152 valence electrons. The van der Waals surface area contributed by atoms with Crippen LogP contribution in [0.1, 0.15) is 26.5 Å². The van der Waals surface area contributed by atoms with Crippen molar-refractivity contribution in [3.8, 4) is 11.3 Å². The predicted molar refractivity (Wildman–Crippen MR) is 113 cm³/mol. The Hall–Kier alpha value is -4.05. The second-order valence-electron chi connectivity index (χ2n) is 6.18. The standard InChI is InChI=1S/C20H15N3O6S/c1-11-6-7-12(19(25)26)10-14(11)21-20(30)22-18(24)17-9-8-16(29-17)13-4-2-3-5-15(13)23(27)28/h2-10H,1H3,(H,25,26)(H2,21,22,24,30). The van der Waals surface area contributed by atoms with E-state index < -0.39 is 16.8 Å². The van der Waals surface area contributed by atoms with E-state index in [2.05, 4.69) is 10.6 Å². The number of hydrogen-bond acceptors (Lipinski definition) is 6. The summed E-state index contributed by atoms with van der Waals surface area (Å²) in [5.74, 6) is -1.69. The molecule has 0 aliphatic carbocycles. The molecular formula is C20H15N3O6S. The number of nitrogens with one attached hydrogen (secondary N) is 2. The number of thiocarbonyl (C=S) groups is 1. The Bertz CT molecular complexity index is 1170. The molecule has 0 radical (unpaired) electrons. The number of furan rings is 1. The first-order valence-corrected chi connectivity index (χ1v) is 8.97. The third kappa shape index (κ3) is 4.50. The molecule has 0 unspecified atom stereocenters. The van der Waals surface area contributed by atoms with Gasteiger partial charge in [0, 0.05) is 11.8 Å². The summed E-state index contributed by atoms with van der Waals surface area (Å²) in [5.41, 5.74) is 1.32. The predicted octanol–water partition coefficient (Wildman–Crippen LogP) is 3.99. The van der Waals surface area contributed by atoms with E-state index in [0.717, 1.165) is 5.56 Å². The van der Waals surface area contributed by atoms with Gasteiger partial charge in [-0.3, -0.25) is 20.2 Å². The van der Waals surface area contributed by atoms with Crippen LogP contribution in [0.25, 0.3) is 11.3 Å². The van der Waals surface area contributed by atoms with Crippen LogP contribution in [-0.4, -0.2) is 27.0 Å². The van der Waals surface area contributed by atoms with Crippen molar-refractivity contribution in [2.24, 2.45) is 0 Å². The number of nitro groups is 1. The zero-order valence-electron chi connectivity index (χ0n) is 15.5. The summed E-state index contributed by atoms with van der Waals surface area (Å²) >= 11 is 5.11. The Labute approximate surface area is 175 Å². The summed E-state index contributed by atoms with van der Waals surface area (Å²) in [6.45, 7) is 1.75. The summed E-state index contributed by atoms with van der Waals surface area (Å²) in [6.07, 6.45) is 0. The number of aryl methyl sites for hydroxylation is 1. The third-order valence-corrected chi connectivity index (χ3v) is 4.36. The van der Waals surface area contributed by atoms with Crippen LogP contribution in [0.15, 0.2) is 59.0 Å². The minimum absolute atomic E-state index is 0.0609. The lowest BCUT2D eigenvalue weighted by atomic mass is 10.1. The highest BCUT2D eigenvalue weighted by Crippen LogP contribution is 2.30. The maximum atomic E-state index is 12.4. The van der Waals surface area contributed by atoms with Gasteiger partial charge >= 0.3 is 5.97 Å². The first kappa shape index (κ1) is 20.7. The molecule has 9 nitrogen and oxygen atoms in total. The van der Waals surface area contributed by atoms with E-state index in [1.807, 2.05) is 0 Å². The maximum Gasteiger partial charge on any atom is 0.335 e. The second kappa shape index (κ2) is 8.53. The molecule has 3 rings (SSSR count). The normalized spacial score (nSPS) is 10.3. The highest BCUT2D eigenvalue weighted by atomic mass is 32.1. The summed E-state index contributed by atoms with van der Waals surface area (Å²) < 4.78 is 5.47. The van der Waals surface area contributed by atoms with Crippen molar-refractivity contribution in [2.75, 3.05) is 5.32 Å². The number of nitro benzene ring substituents is 1. The Morgan fingerprint density at radius 3 is 2.57 bits per heavy atom. The molecule has 3 aromatic rings. The zero-order valence-corrected chi connectivity index (χ0v) is 16.4. The quantitative estimate of drug-likeness (QED) is 0.317. The molecule has 0 atom stereocenters. The van der Waals surface area contributed by atoms with E-state index in [0.29, 0.717) is 5.69 Å². The average Bonchev–Trinajstić information content (AvgIpc) is 3.19. The van der Waals surface area contributed by atoms with Crippen molar-refractivity contribution in [1.29, 1.82) is 0 Å². The largest absolute Gasteiger partial charge is 0.478 e. The fourth-order valence-corrected chi connectivity index (χ4v) is 2.86. The van der Waals surface area contributed by atoms with E-state index in [-0.39, 0.29) is 33.4 Å². The number of carboxylic acids is 1. The number of benzene rings is 2. The molecule has 1 heterocycles. The molecule has 10 heteroatoms. The minimum atomic E-state index is -1.09. The Morgan fingerprint density at radius 1 is 1.13 bits per heavy atom. The maximum absolute atomic E-state index is 12.4. The highest BCUT2D eigenvalue weighted by molar-refractivity contribution is 7.80. The molecule has 1 aromatic heterocycles. The Kier molecular flexibility index (Phi) is 5.88. The lowest BCUT2D eigenvalue weighted by molar-refractivity contribution is -0.384. The molecule has 3 N–H and O–H groups in total. The number of nitrogens with zero attached hydrogens (tertiary/aromatic N) is 1. The number of carbonyl (C=O) groups excluding carboxylic acids is 1. The monoisotopic (exact) mass is 425 g/mol. The fraction of sp³-hybridized carbons (Fsp3) is 0.0500. The van der Waals surface area contributed by atoms with Crippen molar-refractivity contribution < 1.29 is 24.0 Å². The summed E-state index contributed by atoms with van der Waals surface area (Å²) in [7, 11) is 0. The van der Waals surface area contributed by atoms with Gasteiger partial charge in [0.15, 0.2) is 10.9 Å². The fourth-order valence-electron chi connectivity index (χ4n) is 2.65. The van der Waals surface area contributed by atoms with E-state index >= 15 is 0 Å². The molecular weight excluding hydrogens is 410 g/mol. The molecule has 0 bridgehead atoms. The summed E-state index contributed by atoms with van der Waals surface area (Å²) in [5, 5.41) is 25.4. The number of anilines is 1. The zero-order chi connectivity index (χ0) is 21.8. The van der Waals surface area contributed by atoms with Crippen LogP contribution in [-0.2, 0) is 0 Å². The van der Waals surface area contributed by atoms with Gasteiger partial charge in [0.05, 0.1) is 16.1 Å². The van der Waals surface area contributed by atoms with Crippen LogP contribution in [0.4, 0.5) is 11.4 Å². The Balaban J connectivity index is 1.74. The summed E-state index contributed by atoms with van der Waals surface area (Å²) in [4.78, 5) is 34.2. The van der Waals surface area contributed by atoms with Crippen LogP contribution in [0.5, 0.6) is 0 Å². The number of carbonyl (C=O) groups is 2. The molecule has 0 saturated carbocycles. The lowest BCUT2D eigenvalue weighted by Gasteiger charge is -2.11. The number of rotatable bonds is 5. The molecule has 0 aliphatic rings. The number of carboxylic acid groups (broad SMARTS) is 1. The van der Waals surface area contributed by atoms with Gasteiger partial charge in [-0.15, -0.1) is 0 Å². The van der Waals surface area contributed by atoms with Gasteiger partial charge in [-0.25, -0.2) is 4.79 Å². The van der Waals surface area contributed by atoms with E-state index in [1.54, 1.807) is 19.1 Å². The highest BCUT2D eigenvalue weighted by Gasteiger charge is 2.20. The molecule has 1 amide bonds. The van der Waals surface area contributed by atoms with Crippen molar-refractivity contribution in [1.82, 2.24) is 5.32 Å².